The van der Waals surface area contributed by atoms with Crippen molar-refractivity contribution in [2.24, 2.45) is 5.92 Å². The van der Waals surface area contributed by atoms with Crippen molar-refractivity contribution in [2.75, 3.05) is 24.2 Å². The summed E-state index contributed by atoms with van der Waals surface area (Å²) >= 11 is 1.72. The average molecular weight is 237 g/mol. The summed E-state index contributed by atoms with van der Waals surface area (Å²) in [7, 11) is 2.08. The molecule has 1 aromatic rings. The molecular formula is C13H19NOS. The lowest BCUT2D eigenvalue weighted by Gasteiger charge is -2.19. The molecule has 0 radical (unpaired) electrons. The predicted octanol–water partition coefficient (Wildman–Crippen LogP) is 3.50. The number of aryl methyl sites for hydroxylation is 1. The Morgan fingerprint density at radius 2 is 2.19 bits per heavy atom. The van der Waals surface area contributed by atoms with Crippen LogP contribution in [0.25, 0.3) is 0 Å². The maximum absolute atomic E-state index is 5.78. The van der Waals surface area contributed by atoms with E-state index in [1.165, 1.54) is 24.1 Å². The van der Waals surface area contributed by atoms with Crippen LogP contribution in [0.2, 0.25) is 0 Å². The van der Waals surface area contributed by atoms with Gasteiger partial charge in [-0.25, -0.2) is 0 Å². The molecule has 0 spiro atoms. The van der Waals surface area contributed by atoms with Gasteiger partial charge in [-0.1, -0.05) is 18.0 Å². The van der Waals surface area contributed by atoms with Gasteiger partial charge in [-0.3, -0.25) is 0 Å². The van der Waals surface area contributed by atoms with Gasteiger partial charge in [-0.15, -0.1) is 0 Å². The summed E-state index contributed by atoms with van der Waals surface area (Å²) in [6, 6.07) is 6.33. The van der Waals surface area contributed by atoms with Crippen LogP contribution in [0.3, 0.4) is 0 Å². The second-order valence-corrected chi connectivity index (χ2v) is 5.30. The highest BCUT2D eigenvalue weighted by molar-refractivity contribution is 7.99. The van der Waals surface area contributed by atoms with Gasteiger partial charge in [0.1, 0.15) is 5.75 Å². The largest absolute Gasteiger partial charge is 0.493 e. The Bertz CT molecular complexity index is 363. The van der Waals surface area contributed by atoms with E-state index < -0.39 is 0 Å². The third kappa shape index (κ3) is 2.85. The summed E-state index contributed by atoms with van der Waals surface area (Å²) in [5, 5.41) is 0. The van der Waals surface area contributed by atoms with E-state index in [1.54, 1.807) is 11.9 Å². The molecule has 0 N–H and O–H groups in total. The minimum absolute atomic E-state index is 0.808. The molecule has 0 heterocycles. The van der Waals surface area contributed by atoms with Gasteiger partial charge in [0, 0.05) is 19.4 Å². The van der Waals surface area contributed by atoms with Crippen molar-refractivity contribution in [2.45, 2.75) is 19.8 Å². The van der Waals surface area contributed by atoms with Crippen LogP contribution in [0.5, 0.6) is 5.75 Å². The topological polar surface area (TPSA) is 12.5 Å². The first-order chi connectivity index (χ1) is 7.70. The molecular weight excluding hydrogens is 218 g/mol. The van der Waals surface area contributed by atoms with E-state index in [2.05, 4.69) is 42.7 Å². The number of anilines is 1. The van der Waals surface area contributed by atoms with E-state index in [0.717, 1.165) is 18.3 Å². The number of hydrogen-bond acceptors (Lipinski definition) is 3. The van der Waals surface area contributed by atoms with Crippen molar-refractivity contribution in [3.05, 3.63) is 23.8 Å². The van der Waals surface area contributed by atoms with E-state index in [1.807, 2.05) is 0 Å². The van der Waals surface area contributed by atoms with E-state index in [-0.39, 0.29) is 0 Å². The Morgan fingerprint density at radius 1 is 1.44 bits per heavy atom. The van der Waals surface area contributed by atoms with Crippen LogP contribution in [0, 0.1) is 12.8 Å². The molecule has 1 saturated carbocycles. The van der Waals surface area contributed by atoms with Crippen molar-refractivity contribution in [1.82, 2.24) is 0 Å². The third-order valence-corrected chi connectivity index (χ3v) is 3.72. The molecule has 0 amide bonds. The van der Waals surface area contributed by atoms with Gasteiger partial charge in [-0.05, 0) is 37.3 Å². The molecule has 1 aromatic carbocycles. The zero-order chi connectivity index (χ0) is 11.5. The Balaban J connectivity index is 2.07. The minimum Gasteiger partial charge on any atom is -0.493 e. The van der Waals surface area contributed by atoms with E-state index in [0.29, 0.717) is 0 Å². The molecule has 0 aliphatic heterocycles. The molecule has 2 rings (SSSR count). The summed E-state index contributed by atoms with van der Waals surface area (Å²) in [5.41, 5.74) is 2.52. The van der Waals surface area contributed by atoms with Gasteiger partial charge >= 0.3 is 0 Å². The summed E-state index contributed by atoms with van der Waals surface area (Å²) < 4.78 is 7.95. The van der Waals surface area contributed by atoms with Gasteiger partial charge in [0.2, 0.25) is 0 Å². The molecule has 1 aliphatic rings. The van der Waals surface area contributed by atoms with Crippen LogP contribution in [0.4, 0.5) is 5.69 Å². The summed E-state index contributed by atoms with van der Waals surface area (Å²) in [5.74, 6) is 1.80. The molecule has 1 aliphatic carbocycles. The van der Waals surface area contributed by atoms with E-state index in [9.17, 15) is 0 Å². The molecule has 0 atom stereocenters. The minimum atomic E-state index is 0.808. The van der Waals surface area contributed by atoms with Crippen molar-refractivity contribution in [1.29, 1.82) is 0 Å². The smallest absolute Gasteiger partial charge is 0.121 e. The van der Waals surface area contributed by atoms with Crippen LogP contribution in [-0.2, 0) is 0 Å². The van der Waals surface area contributed by atoms with E-state index in [4.69, 9.17) is 4.74 Å². The Labute approximate surface area is 102 Å². The lowest BCUT2D eigenvalue weighted by Crippen LogP contribution is -2.07. The highest BCUT2D eigenvalue weighted by Crippen LogP contribution is 2.31. The Kier molecular flexibility index (Phi) is 3.64. The number of nitrogens with zero attached hydrogens (tertiary/aromatic N) is 1. The van der Waals surface area contributed by atoms with Crippen molar-refractivity contribution >= 4 is 17.6 Å². The zero-order valence-corrected chi connectivity index (χ0v) is 11.0. The number of hydrogen-bond donors (Lipinski definition) is 0. The average Bonchev–Trinajstić information content (AvgIpc) is 3.11. The predicted molar refractivity (Wildman–Crippen MR) is 71.3 cm³/mol. The fourth-order valence-electron chi connectivity index (χ4n) is 1.62. The molecule has 2 nitrogen and oxygen atoms in total. The molecule has 1 fully saturated rings. The van der Waals surface area contributed by atoms with Crippen LogP contribution in [-0.4, -0.2) is 19.9 Å². The summed E-state index contributed by atoms with van der Waals surface area (Å²) in [6.07, 6.45) is 4.75. The molecule has 16 heavy (non-hydrogen) atoms. The van der Waals surface area contributed by atoms with Crippen LogP contribution in [0.1, 0.15) is 18.4 Å². The molecule has 0 bridgehead atoms. The van der Waals surface area contributed by atoms with Gasteiger partial charge in [0.05, 0.1) is 12.3 Å². The second kappa shape index (κ2) is 5.00. The normalized spacial score (nSPS) is 14.9. The molecule has 0 unspecified atom stereocenters. The highest BCUT2D eigenvalue weighted by atomic mass is 32.2. The van der Waals surface area contributed by atoms with Crippen molar-refractivity contribution in [3.8, 4) is 5.75 Å². The quantitative estimate of drug-likeness (QED) is 0.727. The van der Waals surface area contributed by atoms with Crippen LogP contribution < -0.4 is 9.04 Å². The SMILES string of the molecule is CSN(C)c1cc(OCC2CC2)ccc1C. The number of rotatable bonds is 5. The van der Waals surface area contributed by atoms with Crippen molar-refractivity contribution in [3.63, 3.8) is 0 Å². The molecule has 88 valence electrons. The summed E-state index contributed by atoms with van der Waals surface area (Å²) in [4.78, 5) is 0. The van der Waals surface area contributed by atoms with Gasteiger partial charge in [0.15, 0.2) is 0 Å². The van der Waals surface area contributed by atoms with Crippen LogP contribution in [0.15, 0.2) is 18.2 Å². The molecule has 0 aromatic heterocycles. The third-order valence-electron chi connectivity index (χ3n) is 2.98. The lowest BCUT2D eigenvalue weighted by atomic mass is 10.2. The first-order valence-corrected chi connectivity index (χ1v) is 6.90. The van der Waals surface area contributed by atoms with Crippen molar-refractivity contribution < 1.29 is 4.74 Å². The summed E-state index contributed by atoms with van der Waals surface area (Å²) in [6.45, 7) is 3.01. The number of benzene rings is 1. The van der Waals surface area contributed by atoms with Gasteiger partial charge in [-0.2, -0.15) is 0 Å². The van der Waals surface area contributed by atoms with Gasteiger partial charge < -0.3 is 9.04 Å². The monoisotopic (exact) mass is 237 g/mol. The molecule has 3 heteroatoms. The molecule has 0 saturated heterocycles. The maximum atomic E-state index is 5.78. The van der Waals surface area contributed by atoms with Crippen LogP contribution >= 0.6 is 11.9 Å². The lowest BCUT2D eigenvalue weighted by molar-refractivity contribution is 0.300. The van der Waals surface area contributed by atoms with E-state index >= 15 is 0 Å². The second-order valence-electron chi connectivity index (χ2n) is 4.38. The fourth-order valence-corrected chi connectivity index (χ4v) is 2.01. The first-order valence-electron chi connectivity index (χ1n) is 5.72. The fraction of sp³-hybridized carbons (Fsp3) is 0.538. The number of ether oxygens (including phenoxy) is 1. The first kappa shape index (κ1) is 11.6. The maximum Gasteiger partial charge on any atom is 0.121 e. The van der Waals surface area contributed by atoms with Gasteiger partial charge in [0.25, 0.3) is 0 Å². The standard InChI is InChI=1S/C13H19NOS/c1-10-4-7-12(15-9-11-5-6-11)8-13(10)14(2)16-3/h4,7-8,11H,5-6,9H2,1-3H3. The zero-order valence-electron chi connectivity index (χ0n) is 10.2. The Hall–Kier alpha value is -0.830. The highest BCUT2D eigenvalue weighted by Gasteiger charge is 2.22. The Morgan fingerprint density at radius 3 is 2.81 bits per heavy atom.